The topological polar surface area (TPSA) is 113 Å². The molecule has 0 radical (unpaired) electrons. The summed E-state index contributed by atoms with van der Waals surface area (Å²) in [5.41, 5.74) is 4.91. The summed E-state index contributed by atoms with van der Waals surface area (Å²) < 4.78 is 0. The number of carboxylic acids is 1. The summed E-state index contributed by atoms with van der Waals surface area (Å²) in [4.78, 5) is 34.5. The summed E-state index contributed by atoms with van der Waals surface area (Å²) in [5, 5.41) is 11.1. The molecule has 0 unspecified atom stereocenters. The standard InChI is InChI=1S/C11H21N3O4/c1-3-4-5-6-14(2)11(18)13-8(10(16)17)7-9(12)15/h8H,3-7H2,1-2H3,(H2,12,15)(H,13,18)(H,16,17)/t8-/m1/s1. The van der Waals surface area contributed by atoms with Gasteiger partial charge in [0.2, 0.25) is 5.91 Å². The molecule has 0 aliphatic heterocycles. The second-order valence-electron chi connectivity index (χ2n) is 4.14. The number of amides is 3. The van der Waals surface area contributed by atoms with Crippen molar-refractivity contribution in [2.45, 2.75) is 38.6 Å². The van der Waals surface area contributed by atoms with E-state index in [1.807, 2.05) is 6.92 Å². The van der Waals surface area contributed by atoms with E-state index in [0.717, 1.165) is 19.3 Å². The monoisotopic (exact) mass is 259 g/mol. The van der Waals surface area contributed by atoms with E-state index in [-0.39, 0.29) is 0 Å². The molecule has 1 atom stereocenters. The minimum atomic E-state index is -1.27. The Labute approximate surface area is 106 Å². The molecule has 4 N–H and O–H groups in total. The van der Waals surface area contributed by atoms with Gasteiger partial charge in [-0.2, -0.15) is 0 Å². The quantitative estimate of drug-likeness (QED) is 0.538. The van der Waals surface area contributed by atoms with Crippen LogP contribution in [0.25, 0.3) is 0 Å². The number of rotatable bonds is 8. The molecule has 0 aromatic carbocycles. The van der Waals surface area contributed by atoms with Gasteiger partial charge < -0.3 is 21.1 Å². The number of nitrogens with one attached hydrogen (secondary N) is 1. The lowest BCUT2D eigenvalue weighted by molar-refractivity contribution is -0.140. The Morgan fingerprint density at radius 2 is 1.94 bits per heavy atom. The van der Waals surface area contributed by atoms with Gasteiger partial charge in [-0.15, -0.1) is 0 Å². The third-order valence-electron chi connectivity index (χ3n) is 2.44. The van der Waals surface area contributed by atoms with Gasteiger partial charge in [0.25, 0.3) is 0 Å². The Hall–Kier alpha value is -1.79. The fourth-order valence-electron chi connectivity index (χ4n) is 1.36. The molecule has 7 heteroatoms. The lowest BCUT2D eigenvalue weighted by Gasteiger charge is -2.20. The van der Waals surface area contributed by atoms with Gasteiger partial charge in [0.1, 0.15) is 6.04 Å². The number of carbonyl (C=O) groups excluding carboxylic acids is 2. The van der Waals surface area contributed by atoms with Gasteiger partial charge in [-0.05, 0) is 6.42 Å². The number of nitrogens with zero attached hydrogens (tertiary/aromatic N) is 1. The normalized spacial score (nSPS) is 11.7. The van der Waals surface area contributed by atoms with Crippen LogP contribution in [0.1, 0.15) is 32.6 Å². The zero-order valence-electron chi connectivity index (χ0n) is 10.8. The molecule has 0 rings (SSSR count). The number of nitrogens with two attached hydrogens (primary N) is 1. The predicted octanol–water partition coefficient (Wildman–Crippen LogP) is 0.147. The molecule has 0 bridgehead atoms. The first-order valence-electron chi connectivity index (χ1n) is 5.91. The van der Waals surface area contributed by atoms with Gasteiger partial charge in [-0.3, -0.25) is 4.79 Å². The molecule has 0 saturated carbocycles. The molecule has 7 nitrogen and oxygen atoms in total. The lowest BCUT2D eigenvalue weighted by atomic mass is 10.2. The van der Waals surface area contributed by atoms with E-state index >= 15 is 0 Å². The number of hydrogen-bond donors (Lipinski definition) is 3. The van der Waals surface area contributed by atoms with Crippen molar-refractivity contribution >= 4 is 17.9 Å². The van der Waals surface area contributed by atoms with Crippen molar-refractivity contribution in [3.63, 3.8) is 0 Å². The number of primary amides is 1. The molecule has 0 aromatic rings. The number of hydrogen-bond acceptors (Lipinski definition) is 3. The van der Waals surface area contributed by atoms with E-state index < -0.39 is 30.4 Å². The molecule has 0 aliphatic rings. The Morgan fingerprint density at radius 1 is 1.33 bits per heavy atom. The first-order chi connectivity index (χ1) is 8.38. The molecule has 104 valence electrons. The zero-order valence-corrected chi connectivity index (χ0v) is 10.8. The maximum atomic E-state index is 11.6. The fraction of sp³-hybridized carbons (Fsp3) is 0.727. The number of carbonyl (C=O) groups is 3. The largest absolute Gasteiger partial charge is 0.480 e. The summed E-state index contributed by atoms with van der Waals surface area (Å²) in [6, 6.07) is -1.79. The highest BCUT2D eigenvalue weighted by molar-refractivity contribution is 5.87. The van der Waals surface area contributed by atoms with Gasteiger partial charge in [-0.1, -0.05) is 19.8 Å². The summed E-state index contributed by atoms with van der Waals surface area (Å²) in [6.07, 6.45) is 2.48. The summed E-state index contributed by atoms with van der Waals surface area (Å²) in [6.45, 7) is 2.59. The van der Waals surface area contributed by atoms with Crippen LogP contribution < -0.4 is 11.1 Å². The molecular weight excluding hydrogens is 238 g/mol. The van der Waals surface area contributed by atoms with E-state index in [9.17, 15) is 14.4 Å². The van der Waals surface area contributed by atoms with Gasteiger partial charge in [-0.25, -0.2) is 9.59 Å². The van der Waals surface area contributed by atoms with Gasteiger partial charge in [0.15, 0.2) is 0 Å². The van der Waals surface area contributed by atoms with Crippen LogP contribution in [0.4, 0.5) is 4.79 Å². The van der Waals surface area contributed by atoms with Crippen molar-refractivity contribution < 1.29 is 19.5 Å². The molecule has 0 heterocycles. The highest BCUT2D eigenvalue weighted by Crippen LogP contribution is 1.98. The smallest absolute Gasteiger partial charge is 0.326 e. The summed E-state index contributed by atoms with van der Waals surface area (Å²) in [5.74, 6) is -2.04. The van der Waals surface area contributed by atoms with Crippen LogP contribution in [0.15, 0.2) is 0 Å². The van der Waals surface area contributed by atoms with Crippen molar-refractivity contribution in [1.29, 1.82) is 0 Å². The molecule has 0 aromatic heterocycles. The molecule has 18 heavy (non-hydrogen) atoms. The minimum Gasteiger partial charge on any atom is -0.480 e. The zero-order chi connectivity index (χ0) is 14.1. The van der Waals surface area contributed by atoms with Crippen molar-refractivity contribution in [3.05, 3.63) is 0 Å². The third kappa shape index (κ3) is 6.72. The number of urea groups is 1. The summed E-state index contributed by atoms with van der Waals surface area (Å²) >= 11 is 0. The second kappa shape index (κ2) is 8.32. The number of carboxylic acid groups (broad SMARTS) is 1. The van der Waals surface area contributed by atoms with Crippen molar-refractivity contribution in [3.8, 4) is 0 Å². The van der Waals surface area contributed by atoms with Crippen molar-refractivity contribution in [2.24, 2.45) is 5.73 Å². The van der Waals surface area contributed by atoms with Crippen molar-refractivity contribution in [1.82, 2.24) is 10.2 Å². The molecular formula is C11H21N3O4. The van der Waals surface area contributed by atoms with Gasteiger partial charge in [0.05, 0.1) is 6.42 Å². The second-order valence-corrected chi connectivity index (χ2v) is 4.14. The maximum absolute atomic E-state index is 11.6. The SMILES string of the molecule is CCCCCN(C)C(=O)N[C@H](CC(N)=O)C(=O)O. The van der Waals surface area contributed by atoms with Gasteiger partial charge >= 0.3 is 12.0 Å². The first kappa shape index (κ1) is 16.2. The van der Waals surface area contributed by atoms with Crippen LogP contribution >= 0.6 is 0 Å². The Bertz CT molecular complexity index is 307. The molecule has 0 aliphatic carbocycles. The fourth-order valence-corrected chi connectivity index (χ4v) is 1.36. The van der Waals surface area contributed by atoms with E-state index in [1.54, 1.807) is 7.05 Å². The number of aliphatic carboxylic acids is 1. The third-order valence-corrected chi connectivity index (χ3v) is 2.44. The van der Waals surface area contributed by atoms with Crippen LogP contribution in [0.5, 0.6) is 0 Å². The van der Waals surface area contributed by atoms with E-state index in [1.165, 1.54) is 4.90 Å². The predicted molar refractivity (Wildman–Crippen MR) is 65.9 cm³/mol. The minimum absolute atomic E-state index is 0.413. The molecule has 3 amide bonds. The van der Waals surface area contributed by atoms with Crippen LogP contribution in [-0.2, 0) is 9.59 Å². The molecule has 0 fully saturated rings. The Kier molecular flexibility index (Phi) is 7.50. The first-order valence-corrected chi connectivity index (χ1v) is 5.91. The highest BCUT2D eigenvalue weighted by Gasteiger charge is 2.23. The van der Waals surface area contributed by atoms with E-state index in [4.69, 9.17) is 10.8 Å². The maximum Gasteiger partial charge on any atom is 0.326 e. The highest BCUT2D eigenvalue weighted by atomic mass is 16.4. The number of unbranched alkanes of at least 4 members (excludes halogenated alkanes) is 2. The van der Waals surface area contributed by atoms with Crippen molar-refractivity contribution in [2.75, 3.05) is 13.6 Å². The van der Waals surface area contributed by atoms with Gasteiger partial charge in [0, 0.05) is 13.6 Å². The molecule has 0 spiro atoms. The van der Waals surface area contributed by atoms with Crippen LogP contribution in [0, 0.1) is 0 Å². The average Bonchev–Trinajstić information content (AvgIpc) is 2.27. The lowest BCUT2D eigenvalue weighted by Crippen LogP contribution is -2.48. The van der Waals surface area contributed by atoms with E-state index in [2.05, 4.69) is 5.32 Å². The van der Waals surface area contributed by atoms with E-state index in [0.29, 0.717) is 6.54 Å². The van der Waals surface area contributed by atoms with Crippen LogP contribution in [0.3, 0.4) is 0 Å². The molecule has 0 saturated heterocycles. The summed E-state index contributed by atoms with van der Waals surface area (Å²) in [7, 11) is 1.58. The van der Waals surface area contributed by atoms with Crippen LogP contribution in [0.2, 0.25) is 0 Å². The Balaban J connectivity index is 4.23. The Morgan fingerprint density at radius 3 is 2.39 bits per heavy atom. The van der Waals surface area contributed by atoms with Crippen LogP contribution in [-0.4, -0.2) is 47.5 Å². The average molecular weight is 259 g/mol.